The summed E-state index contributed by atoms with van der Waals surface area (Å²) in [5.74, 6) is -0.695. The van der Waals surface area contributed by atoms with Crippen molar-refractivity contribution >= 4 is 40.8 Å². The van der Waals surface area contributed by atoms with E-state index >= 15 is 0 Å². The van der Waals surface area contributed by atoms with Gasteiger partial charge < -0.3 is 16.4 Å². The highest BCUT2D eigenvalue weighted by atomic mass is 32.2. The summed E-state index contributed by atoms with van der Waals surface area (Å²) in [6, 6.07) is 18.1. The van der Waals surface area contributed by atoms with E-state index in [2.05, 4.69) is 15.6 Å². The summed E-state index contributed by atoms with van der Waals surface area (Å²) < 4.78 is 0. The first-order chi connectivity index (χ1) is 15.3. The number of nitriles is 1. The number of hydrogen-bond donors (Lipinski definition) is 3. The van der Waals surface area contributed by atoms with Gasteiger partial charge in [-0.25, -0.2) is 4.98 Å². The Bertz CT molecular complexity index is 1180. The molecular weight excluding hydrogens is 422 g/mol. The van der Waals surface area contributed by atoms with Crippen LogP contribution in [0.15, 0.2) is 59.6 Å². The lowest BCUT2D eigenvalue weighted by atomic mass is 10.1. The molecule has 32 heavy (non-hydrogen) atoms. The second kappa shape index (κ2) is 9.98. The highest BCUT2D eigenvalue weighted by Crippen LogP contribution is 2.29. The number of carbonyl (C=O) groups is 2. The van der Waals surface area contributed by atoms with E-state index in [4.69, 9.17) is 5.73 Å². The quantitative estimate of drug-likeness (QED) is 0.480. The number of rotatable bonds is 6. The topological polar surface area (TPSA) is 121 Å². The molecule has 2 aromatic carbocycles. The van der Waals surface area contributed by atoms with Gasteiger partial charge in [-0.15, -0.1) is 0 Å². The number of hydrogen-bond acceptors (Lipinski definition) is 6. The SMILES string of the molecule is Cc1cccc(C)c1NC(=O)C(C)Sc1nc(N)c(C(=O)Nc2ccccc2)cc1C#N. The van der Waals surface area contributed by atoms with Crippen molar-refractivity contribution < 1.29 is 9.59 Å². The van der Waals surface area contributed by atoms with Crippen molar-refractivity contribution in [2.75, 3.05) is 16.4 Å². The molecule has 1 aromatic heterocycles. The number of nitrogens with one attached hydrogen (secondary N) is 2. The van der Waals surface area contributed by atoms with Crippen LogP contribution < -0.4 is 16.4 Å². The predicted octanol–water partition coefficient (Wildman–Crippen LogP) is 4.52. The van der Waals surface area contributed by atoms with Crippen LogP contribution in [0.5, 0.6) is 0 Å². The number of para-hydroxylation sites is 2. The number of thioether (sulfide) groups is 1. The molecule has 0 bridgehead atoms. The van der Waals surface area contributed by atoms with Gasteiger partial charge in [0, 0.05) is 11.4 Å². The summed E-state index contributed by atoms with van der Waals surface area (Å²) in [5, 5.41) is 15.0. The Morgan fingerprint density at radius 2 is 1.72 bits per heavy atom. The zero-order valence-corrected chi connectivity index (χ0v) is 18.8. The number of benzene rings is 2. The van der Waals surface area contributed by atoms with Crippen molar-refractivity contribution in [2.24, 2.45) is 0 Å². The van der Waals surface area contributed by atoms with Crippen LogP contribution in [0, 0.1) is 25.2 Å². The number of nitrogens with two attached hydrogens (primary N) is 1. The van der Waals surface area contributed by atoms with Gasteiger partial charge in [-0.2, -0.15) is 5.26 Å². The maximum absolute atomic E-state index is 12.7. The van der Waals surface area contributed by atoms with E-state index < -0.39 is 11.2 Å². The molecule has 0 spiro atoms. The van der Waals surface area contributed by atoms with Crippen molar-refractivity contribution in [3.05, 3.63) is 76.9 Å². The molecule has 0 fully saturated rings. The Morgan fingerprint density at radius 1 is 1.06 bits per heavy atom. The molecule has 0 saturated carbocycles. The Kier molecular flexibility index (Phi) is 7.13. The number of aromatic nitrogens is 1. The van der Waals surface area contributed by atoms with Crippen LogP contribution in [0.2, 0.25) is 0 Å². The van der Waals surface area contributed by atoms with E-state index in [0.29, 0.717) is 10.7 Å². The summed E-state index contributed by atoms with van der Waals surface area (Å²) in [7, 11) is 0. The average Bonchev–Trinajstić information content (AvgIpc) is 2.77. The van der Waals surface area contributed by atoms with Gasteiger partial charge in [0.25, 0.3) is 5.91 Å². The van der Waals surface area contributed by atoms with Crippen LogP contribution in [0.3, 0.4) is 0 Å². The van der Waals surface area contributed by atoms with E-state index in [1.54, 1.807) is 31.2 Å². The van der Waals surface area contributed by atoms with Crippen molar-refractivity contribution in [2.45, 2.75) is 31.0 Å². The predicted molar refractivity (Wildman–Crippen MR) is 128 cm³/mol. The summed E-state index contributed by atoms with van der Waals surface area (Å²) in [6.45, 7) is 5.58. The lowest BCUT2D eigenvalue weighted by Gasteiger charge is -2.16. The molecule has 7 nitrogen and oxygen atoms in total. The van der Waals surface area contributed by atoms with E-state index in [-0.39, 0.29) is 22.9 Å². The maximum atomic E-state index is 12.7. The van der Waals surface area contributed by atoms with Crippen molar-refractivity contribution in [3.8, 4) is 6.07 Å². The molecule has 1 atom stereocenters. The number of carbonyl (C=O) groups excluding carboxylic acids is 2. The van der Waals surface area contributed by atoms with Gasteiger partial charge in [0.2, 0.25) is 5.91 Å². The molecule has 4 N–H and O–H groups in total. The molecule has 1 unspecified atom stereocenters. The molecule has 3 aromatic rings. The number of anilines is 3. The van der Waals surface area contributed by atoms with Crippen molar-refractivity contribution in [3.63, 3.8) is 0 Å². The largest absolute Gasteiger partial charge is 0.383 e. The Morgan fingerprint density at radius 3 is 2.34 bits per heavy atom. The van der Waals surface area contributed by atoms with Gasteiger partial charge in [-0.3, -0.25) is 9.59 Å². The molecule has 8 heteroatoms. The first-order valence-electron chi connectivity index (χ1n) is 9.91. The zero-order valence-electron chi connectivity index (χ0n) is 18.0. The highest BCUT2D eigenvalue weighted by molar-refractivity contribution is 8.00. The summed E-state index contributed by atoms with van der Waals surface area (Å²) in [6.07, 6.45) is 0. The van der Waals surface area contributed by atoms with E-state index in [1.165, 1.54) is 6.07 Å². The Hall–Kier alpha value is -3.83. The van der Waals surface area contributed by atoms with Crippen LogP contribution in [-0.4, -0.2) is 22.0 Å². The third kappa shape index (κ3) is 5.25. The minimum atomic E-state index is -0.544. The molecule has 0 aliphatic rings. The molecular formula is C24H23N5O2S. The fourth-order valence-electron chi connectivity index (χ4n) is 3.04. The van der Waals surface area contributed by atoms with Gasteiger partial charge >= 0.3 is 0 Å². The molecule has 0 radical (unpaired) electrons. The van der Waals surface area contributed by atoms with Gasteiger partial charge in [0.15, 0.2) is 0 Å². The normalized spacial score (nSPS) is 11.3. The summed E-state index contributed by atoms with van der Waals surface area (Å²) >= 11 is 1.12. The lowest BCUT2D eigenvalue weighted by molar-refractivity contribution is -0.115. The van der Waals surface area contributed by atoms with Crippen LogP contribution >= 0.6 is 11.8 Å². The van der Waals surface area contributed by atoms with Gasteiger partial charge in [-0.1, -0.05) is 48.2 Å². The lowest BCUT2D eigenvalue weighted by Crippen LogP contribution is -2.24. The highest BCUT2D eigenvalue weighted by Gasteiger charge is 2.22. The van der Waals surface area contributed by atoms with Crippen molar-refractivity contribution in [1.29, 1.82) is 5.26 Å². The van der Waals surface area contributed by atoms with Crippen molar-refractivity contribution in [1.82, 2.24) is 4.98 Å². The first kappa shape index (κ1) is 22.8. The standard InChI is InChI=1S/C24H23N5O2S/c1-14-8-7-9-15(2)20(14)28-22(30)16(3)32-24-17(13-25)12-19(21(26)29-24)23(31)27-18-10-5-4-6-11-18/h4-12,16H,1-3H3,(H2,26,29)(H,27,31)(H,28,30). The summed E-state index contributed by atoms with van der Waals surface area (Å²) in [5.41, 5.74) is 9.59. The smallest absolute Gasteiger partial charge is 0.259 e. The van der Waals surface area contributed by atoms with E-state index in [0.717, 1.165) is 28.6 Å². The second-order valence-corrected chi connectivity index (χ2v) is 8.55. The Balaban J connectivity index is 1.78. The molecule has 0 saturated heterocycles. The number of amides is 2. The molecule has 3 rings (SSSR count). The fraction of sp³-hybridized carbons (Fsp3) is 0.167. The third-order valence-electron chi connectivity index (χ3n) is 4.80. The number of nitrogen functional groups attached to an aromatic ring is 1. The average molecular weight is 446 g/mol. The Labute approximate surface area is 191 Å². The first-order valence-corrected chi connectivity index (χ1v) is 10.8. The van der Waals surface area contributed by atoms with Gasteiger partial charge in [0.1, 0.15) is 16.9 Å². The molecule has 2 amide bonds. The monoisotopic (exact) mass is 445 g/mol. The van der Waals surface area contributed by atoms with Crippen LogP contribution in [0.1, 0.15) is 34.0 Å². The molecule has 162 valence electrons. The molecule has 1 heterocycles. The third-order valence-corrected chi connectivity index (χ3v) is 5.90. The maximum Gasteiger partial charge on any atom is 0.259 e. The van der Waals surface area contributed by atoms with E-state index in [9.17, 15) is 14.9 Å². The zero-order chi connectivity index (χ0) is 23.3. The minimum absolute atomic E-state index is 0.0118. The van der Waals surface area contributed by atoms with Gasteiger partial charge in [-0.05, 0) is 50.1 Å². The van der Waals surface area contributed by atoms with Crippen LogP contribution in [-0.2, 0) is 4.79 Å². The summed E-state index contributed by atoms with van der Waals surface area (Å²) in [4.78, 5) is 29.6. The van der Waals surface area contributed by atoms with Crippen LogP contribution in [0.25, 0.3) is 0 Å². The van der Waals surface area contributed by atoms with Gasteiger partial charge in [0.05, 0.1) is 16.4 Å². The minimum Gasteiger partial charge on any atom is -0.383 e. The molecule has 0 aliphatic heterocycles. The number of aryl methyl sites for hydroxylation is 2. The fourth-order valence-corrected chi connectivity index (χ4v) is 3.92. The molecule has 0 aliphatic carbocycles. The van der Waals surface area contributed by atoms with E-state index in [1.807, 2.05) is 44.2 Å². The number of pyridine rings is 1. The number of nitrogens with zero attached hydrogens (tertiary/aromatic N) is 2. The van der Waals surface area contributed by atoms with Crippen LogP contribution in [0.4, 0.5) is 17.2 Å². The second-order valence-electron chi connectivity index (χ2n) is 7.22.